The molecule has 0 atom stereocenters. The van der Waals surface area contributed by atoms with Crippen molar-refractivity contribution in [3.8, 4) is 0 Å². The zero-order valence-electron chi connectivity index (χ0n) is 10.5. The highest BCUT2D eigenvalue weighted by Gasteiger charge is 2.23. The van der Waals surface area contributed by atoms with Crippen LogP contribution in [0, 0.1) is 5.92 Å². The van der Waals surface area contributed by atoms with Crippen LogP contribution in [0.4, 0.5) is 0 Å². The average Bonchev–Trinajstić information content (AvgIpc) is 2.69. The molecule has 0 unspecified atom stereocenters. The molecule has 0 aromatic rings. The first kappa shape index (κ1) is 13.2. The highest BCUT2D eigenvalue weighted by molar-refractivity contribution is 5.84. The fourth-order valence-electron chi connectivity index (χ4n) is 2.07. The molecule has 0 aliphatic heterocycles. The largest absolute Gasteiger partial charge is 0.348 e. The molecule has 1 aliphatic carbocycles. The molecule has 0 bridgehead atoms. The van der Waals surface area contributed by atoms with Gasteiger partial charge in [-0.15, -0.1) is 0 Å². The Morgan fingerprint density at radius 1 is 1.06 bits per heavy atom. The third-order valence-corrected chi connectivity index (χ3v) is 3.14. The fraction of sp³-hybridized carbons (Fsp3) is 0.833. The Bertz CT molecular complexity index is 258. The molecule has 4 heteroatoms. The molecule has 1 saturated carbocycles. The smallest absolute Gasteiger partial charge is 0.236 e. The number of ketones is 1. The van der Waals surface area contributed by atoms with E-state index in [1.54, 1.807) is 19.0 Å². The average molecular weight is 226 g/mol. The van der Waals surface area contributed by atoms with Crippen LogP contribution < -0.4 is 0 Å². The van der Waals surface area contributed by atoms with E-state index in [1.807, 2.05) is 11.9 Å². The summed E-state index contributed by atoms with van der Waals surface area (Å²) in [5.74, 6) is 0.588. The lowest BCUT2D eigenvalue weighted by Gasteiger charge is -2.19. The van der Waals surface area contributed by atoms with Gasteiger partial charge in [-0.25, -0.2) is 0 Å². The Labute approximate surface area is 97.6 Å². The maximum atomic E-state index is 11.8. The normalized spacial score (nSPS) is 16.8. The Hall–Kier alpha value is -0.900. The molecule has 1 fully saturated rings. The summed E-state index contributed by atoms with van der Waals surface area (Å²) in [6, 6.07) is 0. The zero-order valence-corrected chi connectivity index (χ0v) is 10.5. The van der Waals surface area contributed by atoms with Gasteiger partial charge in [-0.2, -0.15) is 0 Å². The Morgan fingerprint density at radius 2 is 1.62 bits per heavy atom. The molecule has 92 valence electrons. The number of amides is 1. The predicted octanol–water partition coefficient (Wildman–Crippen LogP) is 0.766. The van der Waals surface area contributed by atoms with Gasteiger partial charge in [0.2, 0.25) is 5.91 Å². The van der Waals surface area contributed by atoms with Crippen LogP contribution in [0.1, 0.15) is 25.7 Å². The molecule has 16 heavy (non-hydrogen) atoms. The molecule has 0 aromatic heterocycles. The molecule has 0 radical (unpaired) electrons. The summed E-state index contributed by atoms with van der Waals surface area (Å²) >= 11 is 0. The van der Waals surface area contributed by atoms with Gasteiger partial charge in [-0.1, -0.05) is 12.8 Å². The molecule has 0 spiro atoms. The van der Waals surface area contributed by atoms with Crippen LogP contribution in [0.2, 0.25) is 0 Å². The van der Waals surface area contributed by atoms with Crippen molar-refractivity contribution in [2.24, 2.45) is 5.92 Å². The summed E-state index contributed by atoms with van der Waals surface area (Å²) in [5, 5.41) is 0. The zero-order chi connectivity index (χ0) is 12.1. The standard InChI is InChI=1S/C12H22N2O2/c1-13(2)12(16)9-14(3)8-11(15)10-6-4-5-7-10/h10H,4-9H2,1-3H3. The summed E-state index contributed by atoms with van der Waals surface area (Å²) in [4.78, 5) is 26.6. The number of nitrogens with zero attached hydrogens (tertiary/aromatic N) is 2. The molecule has 0 saturated heterocycles. The van der Waals surface area contributed by atoms with Gasteiger partial charge in [0.15, 0.2) is 0 Å². The molecule has 1 aliphatic rings. The Balaban J connectivity index is 2.30. The number of likely N-dealkylation sites (N-methyl/N-ethyl adjacent to an activating group) is 2. The summed E-state index contributed by atoms with van der Waals surface area (Å²) in [6.07, 6.45) is 4.43. The third kappa shape index (κ3) is 3.93. The van der Waals surface area contributed by atoms with E-state index in [2.05, 4.69) is 0 Å². The van der Waals surface area contributed by atoms with Gasteiger partial charge in [-0.3, -0.25) is 14.5 Å². The minimum Gasteiger partial charge on any atom is -0.348 e. The van der Waals surface area contributed by atoms with Crippen LogP contribution in [0.25, 0.3) is 0 Å². The molecule has 0 N–H and O–H groups in total. The first-order valence-electron chi connectivity index (χ1n) is 5.92. The molecule has 0 heterocycles. The molecule has 1 rings (SSSR count). The predicted molar refractivity (Wildman–Crippen MR) is 63.2 cm³/mol. The van der Waals surface area contributed by atoms with E-state index in [0.717, 1.165) is 12.8 Å². The Morgan fingerprint density at radius 3 is 2.12 bits per heavy atom. The third-order valence-electron chi connectivity index (χ3n) is 3.14. The topological polar surface area (TPSA) is 40.6 Å². The highest BCUT2D eigenvalue weighted by Crippen LogP contribution is 2.25. The van der Waals surface area contributed by atoms with E-state index in [0.29, 0.717) is 18.9 Å². The molecule has 0 aromatic carbocycles. The van der Waals surface area contributed by atoms with Gasteiger partial charge in [0.1, 0.15) is 5.78 Å². The summed E-state index contributed by atoms with van der Waals surface area (Å²) < 4.78 is 0. The second-order valence-corrected chi connectivity index (χ2v) is 4.91. The summed E-state index contributed by atoms with van der Waals surface area (Å²) in [7, 11) is 5.29. The van der Waals surface area contributed by atoms with Gasteiger partial charge in [-0.05, 0) is 19.9 Å². The van der Waals surface area contributed by atoms with Gasteiger partial charge in [0.05, 0.1) is 13.1 Å². The fourth-order valence-corrected chi connectivity index (χ4v) is 2.07. The SMILES string of the molecule is CN(CC(=O)C1CCCC1)CC(=O)N(C)C. The van der Waals surface area contributed by atoms with Gasteiger partial charge < -0.3 is 4.90 Å². The monoisotopic (exact) mass is 226 g/mol. The van der Waals surface area contributed by atoms with Crippen LogP contribution >= 0.6 is 0 Å². The number of hydrogen-bond acceptors (Lipinski definition) is 3. The number of carbonyl (C=O) groups is 2. The van der Waals surface area contributed by atoms with Crippen molar-refractivity contribution in [2.45, 2.75) is 25.7 Å². The van der Waals surface area contributed by atoms with E-state index in [-0.39, 0.29) is 11.8 Å². The summed E-state index contributed by atoms with van der Waals surface area (Å²) in [6.45, 7) is 0.732. The van der Waals surface area contributed by atoms with Crippen molar-refractivity contribution >= 4 is 11.7 Å². The maximum absolute atomic E-state index is 11.8. The highest BCUT2D eigenvalue weighted by atomic mass is 16.2. The van der Waals surface area contributed by atoms with Crippen molar-refractivity contribution in [3.05, 3.63) is 0 Å². The van der Waals surface area contributed by atoms with Gasteiger partial charge >= 0.3 is 0 Å². The molecular formula is C12H22N2O2. The van der Waals surface area contributed by atoms with Crippen LogP contribution in [-0.2, 0) is 9.59 Å². The van der Waals surface area contributed by atoms with E-state index in [1.165, 1.54) is 12.8 Å². The van der Waals surface area contributed by atoms with Crippen LogP contribution in [0.15, 0.2) is 0 Å². The molecule has 1 amide bonds. The lowest BCUT2D eigenvalue weighted by Crippen LogP contribution is -2.38. The number of rotatable bonds is 5. The lowest BCUT2D eigenvalue weighted by atomic mass is 10.0. The molecular weight excluding hydrogens is 204 g/mol. The first-order chi connectivity index (χ1) is 7.50. The van der Waals surface area contributed by atoms with Gasteiger partial charge in [0, 0.05) is 20.0 Å². The second kappa shape index (κ2) is 5.99. The van der Waals surface area contributed by atoms with E-state index in [9.17, 15) is 9.59 Å². The maximum Gasteiger partial charge on any atom is 0.236 e. The number of Topliss-reactive ketones (excluding diaryl/α,β-unsaturated/α-hetero) is 1. The Kier molecular flexibility index (Phi) is 4.93. The quantitative estimate of drug-likeness (QED) is 0.695. The van der Waals surface area contributed by atoms with E-state index in [4.69, 9.17) is 0 Å². The van der Waals surface area contributed by atoms with Crippen LogP contribution in [0.5, 0.6) is 0 Å². The van der Waals surface area contributed by atoms with Crippen molar-refractivity contribution < 1.29 is 9.59 Å². The molecule has 4 nitrogen and oxygen atoms in total. The second-order valence-electron chi connectivity index (χ2n) is 4.91. The van der Waals surface area contributed by atoms with Crippen LogP contribution in [0.3, 0.4) is 0 Å². The van der Waals surface area contributed by atoms with Crippen molar-refractivity contribution in [2.75, 3.05) is 34.2 Å². The van der Waals surface area contributed by atoms with E-state index < -0.39 is 0 Å². The van der Waals surface area contributed by atoms with Gasteiger partial charge in [0.25, 0.3) is 0 Å². The summed E-state index contributed by atoms with van der Waals surface area (Å²) in [5.41, 5.74) is 0. The van der Waals surface area contributed by atoms with Crippen molar-refractivity contribution in [1.82, 2.24) is 9.80 Å². The van der Waals surface area contributed by atoms with E-state index >= 15 is 0 Å². The van der Waals surface area contributed by atoms with Crippen molar-refractivity contribution in [3.63, 3.8) is 0 Å². The number of hydrogen-bond donors (Lipinski definition) is 0. The number of carbonyl (C=O) groups excluding carboxylic acids is 2. The van der Waals surface area contributed by atoms with Crippen LogP contribution in [-0.4, -0.2) is 55.7 Å². The first-order valence-corrected chi connectivity index (χ1v) is 5.92. The van der Waals surface area contributed by atoms with Crippen molar-refractivity contribution in [1.29, 1.82) is 0 Å². The minimum atomic E-state index is 0.0433. The lowest BCUT2D eigenvalue weighted by molar-refractivity contribution is -0.130. The minimum absolute atomic E-state index is 0.0433.